The average molecular weight is 350 g/mol. The van der Waals surface area contributed by atoms with Crippen molar-refractivity contribution in [3.63, 3.8) is 0 Å². The molecule has 1 amide bonds. The summed E-state index contributed by atoms with van der Waals surface area (Å²) in [5.41, 5.74) is 0.984. The molecule has 5 nitrogen and oxygen atoms in total. The predicted molar refractivity (Wildman–Crippen MR) is 81.5 cm³/mol. The van der Waals surface area contributed by atoms with Gasteiger partial charge in [0.25, 0.3) is 0 Å². The maximum atomic E-state index is 11.9. The van der Waals surface area contributed by atoms with Crippen LogP contribution in [0, 0.1) is 0 Å². The van der Waals surface area contributed by atoms with Crippen molar-refractivity contribution < 1.29 is 19.8 Å². The molecule has 21 heavy (non-hydrogen) atoms. The summed E-state index contributed by atoms with van der Waals surface area (Å²) in [5.74, 6) is -1.32. The van der Waals surface area contributed by atoms with Gasteiger partial charge in [0.05, 0.1) is 17.7 Å². The van der Waals surface area contributed by atoms with Crippen molar-refractivity contribution in [3.05, 3.63) is 58.1 Å². The van der Waals surface area contributed by atoms with Gasteiger partial charge in [0.1, 0.15) is 5.75 Å². The Morgan fingerprint density at radius 3 is 2.38 bits per heavy atom. The molecule has 0 heterocycles. The van der Waals surface area contributed by atoms with Crippen LogP contribution in [0.15, 0.2) is 46.9 Å². The van der Waals surface area contributed by atoms with Crippen LogP contribution in [0.25, 0.3) is 0 Å². The van der Waals surface area contributed by atoms with Gasteiger partial charge in [-0.05, 0) is 35.9 Å². The molecule has 0 atom stereocenters. The number of carboxylic acids is 1. The van der Waals surface area contributed by atoms with Crippen LogP contribution >= 0.6 is 15.9 Å². The van der Waals surface area contributed by atoms with Crippen molar-refractivity contribution in [2.45, 2.75) is 6.42 Å². The molecule has 0 aliphatic heterocycles. The molecule has 0 spiro atoms. The van der Waals surface area contributed by atoms with Gasteiger partial charge in [0, 0.05) is 4.47 Å². The van der Waals surface area contributed by atoms with Gasteiger partial charge >= 0.3 is 5.97 Å². The Hall–Kier alpha value is -2.34. The van der Waals surface area contributed by atoms with Crippen molar-refractivity contribution in [2.75, 3.05) is 5.32 Å². The summed E-state index contributed by atoms with van der Waals surface area (Å²) >= 11 is 3.19. The van der Waals surface area contributed by atoms with E-state index in [0.717, 1.165) is 5.56 Å². The van der Waals surface area contributed by atoms with Crippen LogP contribution in [-0.4, -0.2) is 22.1 Å². The Bertz CT molecular complexity index is 683. The van der Waals surface area contributed by atoms with E-state index in [1.807, 2.05) is 0 Å². The van der Waals surface area contributed by atoms with Crippen LogP contribution in [0.3, 0.4) is 0 Å². The first-order valence-corrected chi connectivity index (χ1v) is 6.85. The van der Waals surface area contributed by atoms with Gasteiger partial charge in [0.15, 0.2) is 0 Å². The number of carbonyl (C=O) groups is 2. The predicted octanol–water partition coefficient (Wildman–Crippen LogP) is 3.03. The molecule has 0 aliphatic rings. The van der Waals surface area contributed by atoms with Gasteiger partial charge in [0.2, 0.25) is 5.91 Å². The summed E-state index contributed by atoms with van der Waals surface area (Å²) in [7, 11) is 0. The minimum absolute atomic E-state index is 0.0171. The summed E-state index contributed by atoms with van der Waals surface area (Å²) < 4.78 is 0.622. The molecule has 0 radical (unpaired) electrons. The van der Waals surface area contributed by atoms with Crippen LogP contribution in [0.2, 0.25) is 0 Å². The maximum absolute atomic E-state index is 11.9. The zero-order chi connectivity index (χ0) is 15.4. The lowest BCUT2D eigenvalue weighted by Gasteiger charge is -2.09. The third-order valence-corrected chi connectivity index (χ3v) is 3.28. The minimum Gasteiger partial charge on any atom is -0.508 e. The largest absolute Gasteiger partial charge is 0.508 e. The van der Waals surface area contributed by atoms with Crippen LogP contribution in [0.1, 0.15) is 15.9 Å². The first-order chi connectivity index (χ1) is 9.95. The van der Waals surface area contributed by atoms with E-state index in [4.69, 9.17) is 5.11 Å². The number of benzene rings is 2. The second-order valence-electron chi connectivity index (χ2n) is 4.39. The van der Waals surface area contributed by atoms with E-state index in [0.29, 0.717) is 4.47 Å². The zero-order valence-corrected chi connectivity index (χ0v) is 12.4. The van der Waals surface area contributed by atoms with E-state index in [9.17, 15) is 14.7 Å². The lowest BCUT2D eigenvalue weighted by molar-refractivity contribution is -0.115. The SMILES string of the molecule is O=C(Cc1ccc(O)cc1)Nc1ccc(Br)cc1C(=O)O. The highest BCUT2D eigenvalue weighted by Crippen LogP contribution is 2.21. The molecular weight excluding hydrogens is 338 g/mol. The van der Waals surface area contributed by atoms with Gasteiger partial charge in [-0.1, -0.05) is 28.1 Å². The standard InChI is InChI=1S/C15H12BrNO4/c16-10-3-6-13(12(8-10)15(20)21)17-14(19)7-9-1-4-11(18)5-2-9/h1-6,8,18H,7H2,(H,17,19)(H,20,21). The third-order valence-electron chi connectivity index (χ3n) is 2.79. The van der Waals surface area contributed by atoms with Crippen LogP contribution in [0.5, 0.6) is 5.75 Å². The molecule has 2 rings (SSSR count). The van der Waals surface area contributed by atoms with Crippen LogP contribution in [-0.2, 0) is 11.2 Å². The number of carboxylic acid groups (broad SMARTS) is 1. The normalized spacial score (nSPS) is 10.1. The highest BCUT2D eigenvalue weighted by Gasteiger charge is 2.13. The number of carbonyl (C=O) groups excluding carboxylic acids is 1. The van der Waals surface area contributed by atoms with Crippen molar-refractivity contribution in [1.29, 1.82) is 0 Å². The van der Waals surface area contributed by atoms with Gasteiger partial charge in [-0.2, -0.15) is 0 Å². The molecule has 2 aromatic rings. The lowest BCUT2D eigenvalue weighted by Crippen LogP contribution is -2.16. The van der Waals surface area contributed by atoms with Crippen molar-refractivity contribution >= 4 is 33.5 Å². The third kappa shape index (κ3) is 4.06. The van der Waals surface area contributed by atoms with Crippen molar-refractivity contribution in [2.24, 2.45) is 0 Å². The summed E-state index contributed by atoms with van der Waals surface area (Å²) in [5, 5.41) is 20.9. The van der Waals surface area contributed by atoms with Gasteiger partial charge in [-0.25, -0.2) is 4.79 Å². The fourth-order valence-electron chi connectivity index (χ4n) is 1.80. The number of nitrogens with one attached hydrogen (secondary N) is 1. The number of amides is 1. The molecule has 108 valence electrons. The molecule has 6 heteroatoms. The number of aromatic hydroxyl groups is 1. The second-order valence-corrected chi connectivity index (χ2v) is 5.30. The Morgan fingerprint density at radius 2 is 1.76 bits per heavy atom. The molecule has 2 aromatic carbocycles. The highest BCUT2D eigenvalue weighted by molar-refractivity contribution is 9.10. The lowest BCUT2D eigenvalue weighted by atomic mass is 10.1. The Kier molecular flexibility index (Phi) is 4.59. The number of rotatable bonds is 4. The summed E-state index contributed by atoms with van der Waals surface area (Å²) in [6, 6.07) is 10.9. The number of hydrogen-bond acceptors (Lipinski definition) is 3. The van der Waals surface area contributed by atoms with E-state index in [1.54, 1.807) is 18.2 Å². The molecule has 0 saturated carbocycles. The fourth-order valence-corrected chi connectivity index (χ4v) is 2.16. The van der Waals surface area contributed by atoms with Gasteiger partial charge in [-0.15, -0.1) is 0 Å². The van der Waals surface area contributed by atoms with Crippen LogP contribution < -0.4 is 5.32 Å². The molecule has 0 bridgehead atoms. The molecule has 0 saturated heterocycles. The summed E-state index contributed by atoms with van der Waals surface area (Å²) in [4.78, 5) is 23.1. The first kappa shape index (κ1) is 15.1. The molecule has 3 N–H and O–H groups in total. The average Bonchev–Trinajstić information content (AvgIpc) is 2.43. The summed E-state index contributed by atoms with van der Waals surface area (Å²) in [6.45, 7) is 0. The van der Waals surface area contributed by atoms with E-state index in [-0.39, 0.29) is 29.3 Å². The van der Waals surface area contributed by atoms with Crippen molar-refractivity contribution in [1.82, 2.24) is 0 Å². The van der Waals surface area contributed by atoms with E-state index in [1.165, 1.54) is 24.3 Å². The molecule has 0 aliphatic carbocycles. The zero-order valence-electron chi connectivity index (χ0n) is 10.8. The number of phenolic OH excluding ortho intramolecular Hbond substituents is 1. The van der Waals surface area contributed by atoms with Crippen molar-refractivity contribution in [3.8, 4) is 5.75 Å². The Balaban J connectivity index is 2.12. The highest BCUT2D eigenvalue weighted by atomic mass is 79.9. The number of aromatic carboxylic acids is 1. The molecule has 0 aromatic heterocycles. The number of hydrogen-bond donors (Lipinski definition) is 3. The Labute approximate surface area is 129 Å². The van der Waals surface area contributed by atoms with E-state index in [2.05, 4.69) is 21.2 Å². The number of phenols is 1. The first-order valence-electron chi connectivity index (χ1n) is 6.06. The topological polar surface area (TPSA) is 86.6 Å². The Morgan fingerprint density at radius 1 is 1.10 bits per heavy atom. The monoisotopic (exact) mass is 349 g/mol. The molecular formula is C15H12BrNO4. The molecule has 0 fully saturated rings. The maximum Gasteiger partial charge on any atom is 0.337 e. The number of halogens is 1. The van der Waals surface area contributed by atoms with E-state index < -0.39 is 5.97 Å². The fraction of sp³-hybridized carbons (Fsp3) is 0.0667. The second kappa shape index (κ2) is 6.41. The summed E-state index contributed by atoms with van der Waals surface area (Å²) in [6.07, 6.45) is 0.0927. The van der Waals surface area contributed by atoms with Gasteiger partial charge in [-0.3, -0.25) is 4.79 Å². The van der Waals surface area contributed by atoms with Gasteiger partial charge < -0.3 is 15.5 Å². The van der Waals surface area contributed by atoms with E-state index >= 15 is 0 Å². The van der Waals surface area contributed by atoms with Crippen LogP contribution in [0.4, 0.5) is 5.69 Å². The smallest absolute Gasteiger partial charge is 0.337 e. The molecule has 0 unspecified atom stereocenters. The minimum atomic E-state index is -1.11. The quantitative estimate of drug-likeness (QED) is 0.791. The number of anilines is 1.